The van der Waals surface area contributed by atoms with Crippen molar-refractivity contribution < 1.29 is 17.9 Å². The summed E-state index contributed by atoms with van der Waals surface area (Å²) in [5, 5.41) is 0. The summed E-state index contributed by atoms with van der Waals surface area (Å²) in [5.41, 5.74) is 3.91. The molecule has 1 heterocycles. The monoisotopic (exact) mass is 494 g/mol. The van der Waals surface area contributed by atoms with Crippen molar-refractivity contribution in [3.8, 4) is 11.5 Å². The summed E-state index contributed by atoms with van der Waals surface area (Å²) in [6, 6.07) is 20.7. The van der Waals surface area contributed by atoms with Crippen molar-refractivity contribution in [2.24, 2.45) is 0 Å². The first-order chi connectivity index (χ1) is 16.8. The standard InChI is InChI=1S/C28H34N2O4S/c1-21-8-10-28(11-9-21)35(31,32)30(25-7-5-6-22(2)16-25)24-12-14-29(15-13-24)20-23-17-26(33-3)19-27(18-23)34-4/h5-11,16-19,24H,12-15,20H2,1-4H3. The highest BCUT2D eigenvalue weighted by molar-refractivity contribution is 7.92. The van der Waals surface area contributed by atoms with Crippen LogP contribution in [0.5, 0.6) is 11.5 Å². The van der Waals surface area contributed by atoms with Crippen LogP contribution in [0.1, 0.15) is 29.5 Å². The molecule has 0 N–H and O–H groups in total. The highest BCUT2D eigenvalue weighted by atomic mass is 32.2. The van der Waals surface area contributed by atoms with Gasteiger partial charge in [0.15, 0.2) is 0 Å². The summed E-state index contributed by atoms with van der Waals surface area (Å²) in [6.07, 6.45) is 1.50. The van der Waals surface area contributed by atoms with Gasteiger partial charge in [0.05, 0.1) is 24.8 Å². The molecule has 0 bridgehead atoms. The van der Waals surface area contributed by atoms with E-state index in [1.807, 2.05) is 68.4 Å². The van der Waals surface area contributed by atoms with Gasteiger partial charge < -0.3 is 9.47 Å². The summed E-state index contributed by atoms with van der Waals surface area (Å²) in [7, 11) is -0.397. The van der Waals surface area contributed by atoms with Crippen molar-refractivity contribution in [1.29, 1.82) is 0 Å². The van der Waals surface area contributed by atoms with Gasteiger partial charge in [-0.1, -0.05) is 29.8 Å². The zero-order chi connectivity index (χ0) is 25.0. The molecule has 7 heteroatoms. The van der Waals surface area contributed by atoms with Crippen molar-refractivity contribution in [3.63, 3.8) is 0 Å². The molecule has 186 valence electrons. The van der Waals surface area contributed by atoms with Crippen molar-refractivity contribution in [3.05, 3.63) is 83.4 Å². The maximum atomic E-state index is 13.9. The SMILES string of the molecule is COc1cc(CN2CCC(N(c3cccc(C)c3)S(=O)(=O)c3ccc(C)cc3)CC2)cc(OC)c1. The first-order valence-corrected chi connectivity index (χ1v) is 13.4. The Balaban J connectivity index is 1.56. The quantitative estimate of drug-likeness (QED) is 0.432. The van der Waals surface area contributed by atoms with E-state index in [4.69, 9.17) is 9.47 Å². The largest absolute Gasteiger partial charge is 0.497 e. The second kappa shape index (κ2) is 10.7. The molecule has 4 rings (SSSR count). The number of piperidine rings is 1. The van der Waals surface area contributed by atoms with Gasteiger partial charge in [0.1, 0.15) is 11.5 Å². The number of rotatable bonds is 8. The van der Waals surface area contributed by atoms with E-state index < -0.39 is 10.0 Å². The molecular weight excluding hydrogens is 460 g/mol. The Morgan fingerprint density at radius 3 is 2.06 bits per heavy atom. The van der Waals surface area contributed by atoms with E-state index >= 15 is 0 Å². The highest BCUT2D eigenvalue weighted by Crippen LogP contribution is 2.32. The molecule has 3 aromatic carbocycles. The number of ether oxygens (including phenoxy) is 2. The minimum Gasteiger partial charge on any atom is -0.497 e. The van der Waals surface area contributed by atoms with Gasteiger partial charge in [-0.3, -0.25) is 9.21 Å². The van der Waals surface area contributed by atoms with Gasteiger partial charge in [0.25, 0.3) is 10.0 Å². The number of likely N-dealkylation sites (tertiary alicyclic amines) is 1. The number of benzene rings is 3. The van der Waals surface area contributed by atoms with Crippen molar-refractivity contribution >= 4 is 15.7 Å². The Bertz CT molecular complexity index is 1230. The fourth-order valence-corrected chi connectivity index (χ4v) is 6.36. The Hall–Kier alpha value is -3.03. The number of hydrogen-bond acceptors (Lipinski definition) is 5. The molecule has 0 spiro atoms. The van der Waals surface area contributed by atoms with Crippen LogP contribution in [0.4, 0.5) is 5.69 Å². The van der Waals surface area contributed by atoms with E-state index in [0.29, 0.717) is 4.90 Å². The predicted molar refractivity (Wildman–Crippen MR) is 140 cm³/mol. The normalized spacial score (nSPS) is 15.1. The van der Waals surface area contributed by atoms with Gasteiger partial charge >= 0.3 is 0 Å². The minimum absolute atomic E-state index is 0.112. The van der Waals surface area contributed by atoms with E-state index in [-0.39, 0.29) is 6.04 Å². The van der Waals surface area contributed by atoms with Crippen molar-refractivity contribution in [2.75, 3.05) is 31.6 Å². The van der Waals surface area contributed by atoms with Gasteiger partial charge in [-0.2, -0.15) is 0 Å². The van der Waals surface area contributed by atoms with E-state index in [2.05, 4.69) is 4.90 Å². The minimum atomic E-state index is -3.70. The second-order valence-electron chi connectivity index (χ2n) is 9.18. The van der Waals surface area contributed by atoms with Gasteiger partial charge in [-0.15, -0.1) is 0 Å². The smallest absolute Gasteiger partial charge is 0.264 e. The molecule has 0 aliphatic carbocycles. The Morgan fingerprint density at radius 2 is 1.49 bits per heavy atom. The summed E-state index contributed by atoms with van der Waals surface area (Å²) < 4.78 is 40.2. The third-order valence-electron chi connectivity index (χ3n) is 6.54. The summed E-state index contributed by atoms with van der Waals surface area (Å²) in [5.74, 6) is 1.54. The fourth-order valence-electron chi connectivity index (χ4n) is 4.66. The molecule has 1 aliphatic heterocycles. The lowest BCUT2D eigenvalue weighted by Gasteiger charge is -2.39. The summed E-state index contributed by atoms with van der Waals surface area (Å²) in [6.45, 7) is 6.31. The lowest BCUT2D eigenvalue weighted by Crippen LogP contribution is -2.47. The Kier molecular flexibility index (Phi) is 7.67. The van der Waals surface area contributed by atoms with Crippen LogP contribution in [0.25, 0.3) is 0 Å². The molecule has 0 aromatic heterocycles. The first-order valence-electron chi connectivity index (χ1n) is 11.9. The zero-order valence-electron chi connectivity index (χ0n) is 20.9. The van der Waals surface area contributed by atoms with Crippen LogP contribution in [0, 0.1) is 13.8 Å². The Morgan fingerprint density at radius 1 is 0.857 bits per heavy atom. The van der Waals surface area contributed by atoms with Crippen LogP contribution in [-0.2, 0) is 16.6 Å². The number of hydrogen-bond donors (Lipinski definition) is 0. The molecule has 0 amide bonds. The van der Waals surface area contributed by atoms with Gasteiger partial charge in [-0.05, 0) is 74.2 Å². The van der Waals surface area contributed by atoms with E-state index in [9.17, 15) is 8.42 Å². The summed E-state index contributed by atoms with van der Waals surface area (Å²) >= 11 is 0. The number of methoxy groups -OCH3 is 2. The second-order valence-corrected chi connectivity index (χ2v) is 11.0. The third kappa shape index (κ3) is 5.80. The zero-order valence-corrected chi connectivity index (χ0v) is 21.7. The van der Waals surface area contributed by atoms with E-state index in [1.54, 1.807) is 30.7 Å². The van der Waals surface area contributed by atoms with Crippen molar-refractivity contribution in [1.82, 2.24) is 4.90 Å². The number of nitrogens with zero attached hydrogens (tertiary/aromatic N) is 2. The number of aryl methyl sites for hydroxylation is 2. The highest BCUT2D eigenvalue weighted by Gasteiger charge is 2.34. The molecule has 35 heavy (non-hydrogen) atoms. The molecule has 1 fully saturated rings. The van der Waals surface area contributed by atoms with Crippen LogP contribution in [0.3, 0.4) is 0 Å². The van der Waals surface area contributed by atoms with Crippen LogP contribution >= 0.6 is 0 Å². The molecule has 0 radical (unpaired) electrons. The fraction of sp³-hybridized carbons (Fsp3) is 0.357. The third-order valence-corrected chi connectivity index (χ3v) is 8.43. The van der Waals surface area contributed by atoms with Crippen LogP contribution in [0.2, 0.25) is 0 Å². The molecular formula is C28H34N2O4S. The lowest BCUT2D eigenvalue weighted by molar-refractivity contribution is 0.206. The molecule has 1 aliphatic rings. The van der Waals surface area contributed by atoms with Gasteiger partial charge in [0, 0.05) is 31.7 Å². The predicted octanol–water partition coefficient (Wildman–Crippen LogP) is 5.18. The maximum absolute atomic E-state index is 13.9. The molecule has 6 nitrogen and oxygen atoms in total. The van der Waals surface area contributed by atoms with E-state index in [1.165, 1.54) is 0 Å². The number of anilines is 1. The molecule has 0 saturated carbocycles. The molecule has 3 aromatic rings. The first kappa shape index (κ1) is 25.1. The molecule has 0 unspecified atom stereocenters. The van der Waals surface area contributed by atoms with E-state index in [0.717, 1.165) is 66.4 Å². The molecule has 0 atom stereocenters. The van der Waals surface area contributed by atoms with Crippen LogP contribution < -0.4 is 13.8 Å². The van der Waals surface area contributed by atoms with Gasteiger partial charge in [-0.25, -0.2) is 8.42 Å². The van der Waals surface area contributed by atoms with Crippen molar-refractivity contribution in [2.45, 2.75) is 44.2 Å². The Labute approximate surface area is 209 Å². The summed E-state index contributed by atoms with van der Waals surface area (Å²) in [4.78, 5) is 2.69. The topological polar surface area (TPSA) is 59.1 Å². The molecule has 1 saturated heterocycles. The maximum Gasteiger partial charge on any atom is 0.264 e. The average Bonchev–Trinajstić information content (AvgIpc) is 2.85. The van der Waals surface area contributed by atoms with Crippen LogP contribution in [-0.4, -0.2) is 46.7 Å². The van der Waals surface area contributed by atoms with Crippen LogP contribution in [0.15, 0.2) is 71.6 Å². The average molecular weight is 495 g/mol. The van der Waals surface area contributed by atoms with Gasteiger partial charge in [0.2, 0.25) is 0 Å². The lowest BCUT2D eigenvalue weighted by atomic mass is 10.0. The number of sulfonamides is 1.